The summed E-state index contributed by atoms with van der Waals surface area (Å²) in [6, 6.07) is 11.7. The zero-order valence-corrected chi connectivity index (χ0v) is 13.4. The Morgan fingerprint density at radius 1 is 1.04 bits per heavy atom. The fourth-order valence-corrected chi connectivity index (χ4v) is 2.11. The van der Waals surface area contributed by atoms with Gasteiger partial charge in [0, 0.05) is 13.1 Å². The second-order valence-corrected chi connectivity index (χ2v) is 5.22. The molecule has 0 heterocycles. The number of hydrogen-bond acceptors (Lipinski definition) is 3. The van der Waals surface area contributed by atoms with E-state index in [1.165, 1.54) is 12.1 Å². The van der Waals surface area contributed by atoms with Gasteiger partial charge in [-0.15, -0.1) is 0 Å². The van der Waals surface area contributed by atoms with Gasteiger partial charge in [-0.05, 0) is 29.8 Å². The molecule has 128 valence electrons. The first-order valence-electron chi connectivity index (χ1n) is 7.72. The lowest BCUT2D eigenvalue weighted by molar-refractivity contribution is -0.123. The summed E-state index contributed by atoms with van der Waals surface area (Å²) in [5.41, 5.74) is 1.41. The minimum absolute atomic E-state index is 0.329. The first kappa shape index (κ1) is 17.9. The Labute approximate surface area is 139 Å². The zero-order valence-electron chi connectivity index (χ0n) is 13.4. The summed E-state index contributed by atoms with van der Waals surface area (Å²) in [5, 5.41) is 5.61. The number of halogens is 2. The van der Waals surface area contributed by atoms with Crippen molar-refractivity contribution in [3.05, 3.63) is 65.2 Å². The molecule has 2 aromatic carbocycles. The highest BCUT2D eigenvalue weighted by Crippen LogP contribution is 2.23. The largest absolute Gasteiger partial charge is 0.478 e. The van der Waals surface area contributed by atoms with Crippen LogP contribution in [0.25, 0.3) is 0 Å². The van der Waals surface area contributed by atoms with Crippen molar-refractivity contribution in [3.63, 3.8) is 0 Å². The maximum absolute atomic E-state index is 13.9. The molecule has 0 spiro atoms. The van der Waals surface area contributed by atoms with Crippen LogP contribution in [0.5, 0.6) is 5.75 Å². The second-order valence-electron chi connectivity index (χ2n) is 5.22. The third kappa shape index (κ3) is 5.31. The number of hydrogen-bond donors (Lipinski definition) is 2. The molecule has 0 saturated carbocycles. The molecule has 0 aromatic heterocycles. The van der Waals surface area contributed by atoms with Crippen LogP contribution in [-0.2, 0) is 17.9 Å². The molecule has 0 atom stereocenters. The number of rotatable bonds is 8. The van der Waals surface area contributed by atoms with E-state index in [-0.39, 0.29) is 0 Å². The molecule has 0 aliphatic heterocycles. The van der Waals surface area contributed by atoms with E-state index in [4.69, 9.17) is 4.74 Å². The third-order valence-corrected chi connectivity index (χ3v) is 3.32. The van der Waals surface area contributed by atoms with Crippen molar-refractivity contribution in [2.45, 2.75) is 20.0 Å². The summed E-state index contributed by atoms with van der Waals surface area (Å²) in [5.74, 6) is -2.63. The predicted octanol–water partition coefficient (Wildman–Crippen LogP) is 2.77. The van der Waals surface area contributed by atoms with Gasteiger partial charge in [0.25, 0.3) is 5.91 Å². The van der Waals surface area contributed by atoms with E-state index in [1.807, 2.05) is 37.3 Å². The first-order valence-corrected chi connectivity index (χ1v) is 7.72. The van der Waals surface area contributed by atoms with Crippen LogP contribution in [0, 0.1) is 11.6 Å². The fourth-order valence-electron chi connectivity index (χ4n) is 2.11. The summed E-state index contributed by atoms with van der Waals surface area (Å²) in [7, 11) is 0. The van der Waals surface area contributed by atoms with E-state index in [0.29, 0.717) is 25.2 Å². The van der Waals surface area contributed by atoms with Crippen LogP contribution in [0.1, 0.15) is 18.1 Å². The normalized spacial score (nSPS) is 10.5. The van der Waals surface area contributed by atoms with Crippen molar-refractivity contribution < 1.29 is 18.3 Å². The molecule has 6 heteroatoms. The Bertz CT molecular complexity index is 655. The number of ether oxygens (including phenoxy) is 1. The third-order valence-electron chi connectivity index (χ3n) is 3.32. The lowest BCUT2D eigenvalue weighted by Crippen LogP contribution is -2.28. The van der Waals surface area contributed by atoms with Crippen molar-refractivity contribution in [2.24, 2.45) is 0 Å². The fraction of sp³-hybridized carbons (Fsp3) is 0.278. The summed E-state index contributed by atoms with van der Waals surface area (Å²) in [6.07, 6.45) is 0. The van der Waals surface area contributed by atoms with Crippen LogP contribution in [0.4, 0.5) is 8.78 Å². The van der Waals surface area contributed by atoms with Gasteiger partial charge in [0.05, 0.1) is 0 Å². The quantitative estimate of drug-likeness (QED) is 0.780. The van der Waals surface area contributed by atoms with Crippen LogP contribution in [0.15, 0.2) is 42.5 Å². The van der Waals surface area contributed by atoms with Crippen LogP contribution in [-0.4, -0.2) is 19.1 Å². The Morgan fingerprint density at radius 2 is 1.71 bits per heavy atom. The average Bonchev–Trinajstić information content (AvgIpc) is 2.58. The lowest BCUT2D eigenvalue weighted by Gasteiger charge is -2.11. The van der Waals surface area contributed by atoms with Crippen molar-refractivity contribution in [2.75, 3.05) is 13.2 Å². The van der Waals surface area contributed by atoms with Gasteiger partial charge in [-0.2, -0.15) is 0 Å². The molecule has 0 unspecified atom stereocenters. The van der Waals surface area contributed by atoms with Crippen LogP contribution < -0.4 is 15.4 Å². The number of carbonyl (C=O) groups is 1. The van der Waals surface area contributed by atoms with E-state index in [1.54, 1.807) is 0 Å². The van der Waals surface area contributed by atoms with Gasteiger partial charge in [-0.3, -0.25) is 4.79 Å². The van der Waals surface area contributed by atoms with Crippen molar-refractivity contribution in [1.29, 1.82) is 0 Å². The number of benzene rings is 2. The monoisotopic (exact) mass is 334 g/mol. The van der Waals surface area contributed by atoms with Crippen LogP contribution in [0.2, 0.25) is 0 Å². The highest BCUT2D eigenvalue weighted by Gasteiger charge is 2.14. The topological polar surface area (TPSA) is 50.4 Å². The van der Waals surface area contributed by atoms with Gasteiger partial charge >= 0.3 is 0 Å². The molecule has 0 saturated heterocycles. The Hall–Kier alpha value is -2.47. The van der Waals surface area contributed by atoms with Crippen LogP contribution in [0.3, 0.4) is 0 Å². The summed E-state index contributed by atoms with van der Waals surface area (Å²) in [4.78, 5) is 11.7. The number of nitrogens with one attached hydrogen (secondary N) is 2. The maximum Gasteiger partial charge on any atom is 0.258 e. The van der Waals surface area contributed by atoms with Gasteiger partial charge in [0.15, 0.2) is 24.0 Å². The summed E-state index contributed by atoms with van der Waals surface area (Å²) >= 11 is 0. The Morgan fingerprint density at radius 3 is 2.33 bits per heavy atom. The predicted molar refractivity (Wildman–Crippen MR) is 87.5 cm³/mol. The minimum Gasteiger partial charge on any atom is -0.478 e. The molecule has 0 radical (unpaired) electrons. The van der Waals surface area contributed by atoms with Gasteiger partial charge in [0.2, 0.25) is 0 Å². The second kappa shape index (κ2) is 8.98. The van der Waals surface area contributed by atoms with E-state index >= 15 is 0 Å². The minimum atomic E-state index is -0.821. The average molecular weight is 334 g/mol. The molecule has 1 amide bonds. The van der Waals surface area contributed by atoms with Gasteiger partial charge < -0.3 is 15.4 Å². The smallest absolute Gasteiger partial charge is 0.258 e. The molecule has 2 aromatic rings. The van der Waals surface area contributed by atoms with Crippen molar-refractivity contribution in [1.82, 2.24) is 10.6 Å². The van der Waals surface area contributed by atoms with E-state index in [0.717, 1.165) is 5.56 Å². The lowest BCUT2D eigenvalue weighted by atomic mass is 10.2. The molecular formula is C18H20F2N2O2. The molecule has 24 heavy (non-hydrogen) atoms. The molecular weight excluding hydrogens is 314 g/mol. The summed E-state index contributed by atoms with van der Waals surface area (Å²) < 4.78 is 32.8. The number of carbonyl (C=O) groups excluding carboxylic acids is 1. The number of amides is 1. The Kier molecular flexibility index (Phi) is 6.69. The van der Waals surface area contributed by atoms with Gasteiger partial charge in [-0.25, -0.2) is 8.78 Å². The zero-order chi connectivity index (χ0) is 17.4. The molecule has 0 aliphatic rings. The highest BCUT2D eigenvalue weighted by atomic mass is 19.1. The molecule has 2 N–H and O–H groups in total. The van der Waals surface area contributed by atoms with Crippen LogP contribution >= 0.6 is 0 Å². The molecule has 0 aliphatic carbocycles. The molecule has 2 rings (SSSR count). The Balaban J connectivity index is 1.88. The molecule has 4 nitrogen and oxygen atoms in total. The first-order chi connectivity index (χ1) is 11.6. The molecule has 0 bridgehead atoms. The standard InChI is InChI=1S/C18H20F2N2O2/c1-2-21-10-14-8-15(19)18(16(20)9-14)24-12-17(23)22-11-13-6-4-3-5-7-13/h3-9,21H,2,10-12H2,1H3,(H,22,23). The van der Waals surface area contributed by atoms with Crippen molar-refractivity contribution in [3.8, 4) is 5.75 Å². The molecule has 0 fully saturated rings. The van der Waals surface area contributed by atoms with Gasteiger partial charge in [-0.1, -0.05) is 37.3 Å². The van der Waals surface area contributed by atoms with E-state index in [2.05, 4.69) is 10.6 Å². The van der Waals surface area contributed by atoms with E-state index in [9.17, 15) is 13.6 Å². The van der Waals surface area contributed by atoms with Crippen molar-refractivity contribution >= 4 is 5.91 Å². The highest BCUT2D eigenvalue weighted by molar-refractivity contribution is 5.77. The SMILES string of the molecule is CCNCc1cc(F)c(OCC(=O)NCc2ccccc2)c(F)c1. The maximum atomic E-state index is 13.9. The van der Waals surface area contributed by atoms with E-state index < -0.39 is 29.9 Å². The summed E-state index contributed by atoms with van der Waals surface area (Å²) in [6.45, 7) is 2.84. The van der Waals surface area contributed by atoms with Gasteiger partial charge in [0.1, 0.15) is 0 Å².